The Hall–Kier alpha value is -1.62. The second-order valence-corrected chi connectivity index (χ2v) is 4.98. The topological polar surface area (TPSA) is 55.6 Å². The van der Waals surface area contributed by atoms with E-state index in [1.807, 2.05) is 0 Å². The minimum atomic E-state index is -0.348. The molecule has 18 heavy (non-hydrogen) atoms. The van der Waals surface area contributed by atoms with Crippen molar-refractivity contribution < 1.29 is 9.66 Å². The van der Waals surface area contributed by atoms with Gasteiger partial charge in [-0.2, -0.15) is 0 Å². The third kappa shape index (κ3) is 2.06. The Morgan fingerprint density at radius 2 is 2.28 bits per heavy atom. The number of benzene rings is 1. The third-order valence-corrected chi connectivity index (χ3v) is 3.81. The van der Waals surface area contributed by atoms with Crippen molar-refractivity contribution in [2.45, 2.75) is 31.8 Å². The van der Waals surface area contributed by atoms with Crippen molar-refractivity contribution in [2.75, 3.05) is 13.2 Å². The molecule has 1 unspecified atom stereocenters. The molecule has 0 saturated carbocycles. The van der Waals surface area contributed by atoms with Gasteiger partial charge >= 0.3 is 0 Å². The molecular formula is C13H16N2O3. The standard InChI is InChI=1S/C13H16N2O3/c16-15(17)11-4-5-13-10(7-11)8-14-6-2-1-3-12(14)9-18-13/h4-5,7,12H,1-3,6,8-9H2. The first-order chi connectivity index (χ1) is 8.74. The number of fused-ring (bicyclic) bond motifs is 2. The highest BCUT2D eigenvalue weighted by Crippen LogP contribution is 2.31. The molecule has 96 valence electrons. The lowest BCUT2D eigenvalue weighted by atomic mass is 10.0. The Kier molecular flexibility index (Phi) is 2.91. The van der Waals surface area contributed by atoms with Gasteiger partial charge in [-0.05, 0) is 25.5 Å². The molecular weight excluding hydrogens is 232 g/mol. The summed E-state index contributed by atoms with van der Waals surface area (Å²) in [5.41, 5.74) is 1.08. The van der Waals surface area contributed by atoms with Crippen LogP contribution in [0.1, 0.15) is 24.8 Å². The molecule has 2 heterocycles. The lowest BCUT2D eigenvalue weighted by Gasteiger charge is -2.33. The van der Waals surface area contributed by atoms with Crippen molar-refractivity contribution >= 4 is 5.69 Å². The number of nitro benzene ring substituents is 1. The quantitative estimate of drug-likeness (QED) is 0.565. The Morgan fingerprint density at radius 1 is 1.39 bits per heavy atom. The second-order valence-electron chi connectivity index (χ2n) is 4.98. The number of nitro groups is 1. The van der Waals surface area contributed by atoms with E-state index < -0.39 is 0 Å². The Morgan fingerprint density at radius 3 is 3.11 bits per heavy atom. The van der Waals surface area contributed by atoms with Crippen LogP contribution in [0.2, 0.25) is 0 Å². The SMILES string of the molecule is O=[N+]([O-])c1ccc2c(c1)CN1CCCCC1CO2. The number of non-ortho nitro benzene ring substituents is 1. The molecule has 0 radical (unpaired) electrons. The number of hydrogen-bond acceptors (Lipinski definition) is 4. The van der Waals surface area contributed by atoms with Crippen LogP contribution in [0.15, 0.2) is 18.2 Å². The number of hydrogen-bond donors (Lipinski definition) is 0. The van der Waals surface area contributed by atoms with Gasteiger partial charge in [-0.25, -0.2) is 0 Å². The van der Waals surface area contributed by atoms with Crippen LogP contribution in [0.4, 0.5) is 5.69 Å². The van der Waals surface area contributed by atoms with Crippen molar-refractivity contribution in [1.29, 1.82) is 0 Å². The maximum atomic E-state index is 10.8. The molecule has 0 amide bonds. The zero-order valence-corrected chi connectivity index (χ0v) is 10.2. The van der Waals surface area contributed by atoms with E-state index in [9.17, 15) is 10.1 Å². The summed E-state index contributed by atoms with van der Waals surface area (Å²) in [4.78, 5) is 12.8. The van der Waals surface area contributed by atoms with Crippen molar-refractivity contribution in [2.24, 2.45) is 0 Å². The molecule has 0 bridgehead atoms. The summed E-state index contributed by atoms with van der Waals surface area (Å²) in [5, 5.41) is 10.8. The van der Waals surface area contributed by atoms with Gasteiger partial charge in [0.15, 0.2) is 0 Å². The third-order valence-electron chi connectivity index (χ3n) is 3.81. The van der Waals surface area contributed by atoms with Gasteiger partial charge in [0.1, 0.15) is 12.4 Å². The molecule has 0 N–H and O–H groups in total. The zero-order valence-electron chi connectivity index (χ0n) is 10.2. The smallest absolute Gasteiger partial charge is 0.270 e. The van der Waals surface area contributed by atoms with Crippen LogP contribution >= 0.6 is 0 Å². The normalized spacial score (nSPS) is 23.4. The van der Waals surface area contributed by atoms with Gasteiger partial charge in [-0.1, -0.05) is 6.42 Å². The molecule has 2 aliphatic heterocycles. The highest BCUT2D eigenvalue weighted by molar-refractivity contribution is 5.44. The van der Waals surface area contributed by atoms with Gasteiger partial charge in [0.2, 0.25) is 0 Å². The van der Waals surface area contributed by atoms with Crippen molar-refractivity contribution in [3.63, 3.8) is 0 Å². The Balaban J connectivity index is 1.91. The lowest BCUT2D eigenvalue weighted by Crippen LogP contribution is -2.40. The van der Waals surface area contributed by atoms with Crippen LogP contribution in [-0.4, -0.2) is 29.0 Å². The molecule has 5 heteroatoms. The molecule has 1 fully saturated rings. The summed E-state index contributed by atoms with van der Waals surface area (Å²) in [7, 11) is 0. The lowest BCUT2D eigenvalue weighted by molar-refractivity contribution is -0.384. The fourth-order valence-electron chi connectivity index (χ4n) is 2.81. The van der Waals surface area contributed by atoms with E-state index in [-0.39, 0.29) is 10.6 Å². The maximum Gasteiger partial charge on any atom is 0.270 e. The molecule has 0 aromatic heterocycles. The van der Waals surface area contributed by atoms with Gasteiger partial charge < -0.3 is 4.74 Å². The average Bonchev–Trinajstić information content (AvgIpc) is 2.56. The van der Waals surface area contributed by atoms with Gasteiger partial charge in [0, 0.05) is 30.3 Å². The van der Waals surface area contributed by atoms with E-state index in [0.717, 1.165) is 30.8 Å². The van der Waals surface area contributed by atoms with Crippen molar-refractivity contribution in [3.8, 4) is 5.75 Å². The summed E-state index contributed by atoms with van der Waals surface area (Å²) in [6.45, 7) is 2.53. The second kappa shape index (κ2) is 4.57. The van der Waals surface area contributed by atoms with E-state index in [1.165, 1.54) is 18.9 Å². The number of rotatable bonds is 1. The molecule has 1 aromatic rings. The molecule has 0 spiro atoms. The molecule has 1 saturated heterocycles. The average molecular weight is 248 g/mol. The minimum absolute atomic E-state index is 0.146. The van der Waals surface area contributed by atoms with Gasteiger partial charge in [0.05, 0.1) is 4.92 Å². The largest absolute Gasteiger partial charge is 0.492 e. The summed E-state index contributed by atoms with van der Waals surface area (Å²) in [6, 6.07) is 5.35. The molecule has 5 nitrogen and oxygen atoms in total. The van der Waals surface area contributed by atoms with Crippen LogP contribution in [0, 0.1) is 10.1 Å². The molecule has 0 aliphatic carbocycles. The van der Waals surface area contributed by atoms with E-state index in [2.05, 4.69) is 4.90 Å². The number of ether oxygens (including phenoxy) is 1. The van der Waals surface area contributed by atoms with Crippen LogP contribution < -0.4 is 4.74 Å². The predicted octanol–water partition coefficient (Wildman–Crippen LogP) is 2.34. The van der Waals surface area contributed by atoms with E-state index >= 15 is 0 Å². The van der Waals surface area contributed by atoms with E-state index in [4.69, 9.17) is 4.74 Å². The number of piperidine rings is 1. The highest BCUT2D eigenvalue weighted by atomic mass is 16.6. The molecule has 3 rings (SSSR count). The van der Waals surface area contributed by atoms with Crippen molar-refractivity contribution in [1.82, 2.24) is 4.90 Å². The Labute approximate surface area is 106 Å². The highest BCUT2D eigenvalue weighted by Gasteiger charge is 2.27. The first kappa shape index (κ1) is 11.5. The molecule has 1 atom stereocenters. The van der Waals surface area contributed by atoms with Gasteiger partial charge in [-0.3, -0.25) is 15.0 Å². The summed E-state index contributed by atoms with van der Waals surface area (Å²) in [6.07, 6.45) is 3.62. The molecule has 2 aliphatic rings. The van der Waals surface area contributed by atoms with Crippen LogP contribution in [-0.2, 0) is 6.54 Å². The number of nitrogens with zero attached hydrogens (tertiary/aromatic N) is 2. The monoisotopic (exact) mass is 248 g/mol. The van der Waals surface area contributed by atoms with Crippen LogP contribution in [0.25, 0.3) is 0 Å². The fourth-order valence-corrected chi connectivity index (χ4v) is 2.81. The summed E-state index contributed by atoms with van der Waals surface area (Å²) in [5.74, 6) is 0.801. The predicted molar refractivity (Wildman–Crippen MR) is 66.6 cm³/mol. The summed E-state index contributed by atoms with van der Waals surface area (Å²) < 4.78 is 5.79. The van der Waals surface area contributed by atoms with Gasteiger partial charge in [-0.15, -0.1) is 0 Å². The Bertz CT molecular complexity index is 475. The fraction of sp³-hybridized carbons (Fsp3) is 0.538. The van der Waals surface area contributed by atoms with Crippen LogP contribution in [0.5, 0.6) is 5.75 Å². The van der Waals surface area contributed by atoms with E-state index in [1.54, 1.807) is 12.1 Å². The minimum Gasteiger partial charge on any atom is -0.492 e. The van der Waals surface area contributed by atoms with E-state index in [0.29, 0.717) is 12.6 Å². The van der Waals surface area contributed by atoms with Gasteiger partial charge in [0.25, 0.3) is 5.69 Å². The molecule has 1 aromatic carbocycles. The zero-order chi connectivity index (χ0) is 12.5. The summed E-state index contributed by atoms with van der Waals surface area (Å²) >= 11 is 0. The van der Waals surface area contributed by atoms with Crippen molar-refractivity contribution in [3.05, 3.63) is 33.9 Å². The maximum absolute atomic E-state index is 10.8. The first-order valence-electron chi connectivity index (χ1n) is 6.38. The van der Waals surface area contributed by atoms with Crippen LogP contribution in [0.3, 0.4) is 0 Å². The first-order valence-corrected chi connectivity index (χ1v) is 6.38.